The number of rotatable bonds is 5. The van der Waals surface area contributed by atoms with Gasteiger partial charge >= 0.3 is 0 Å². The Kier molecular flexibility index (Phi) is 9.84. The van der Waals surface area contributed by atoms with Gasteiger partial charge in [0.25, 0.3) is 5.91 Å². The van der Waals surface area contributed by atoms with Gasteiger partial charge in [-0.15, -0.1) is 34.7 Å². The maximum absolute atomic E-state index is 13.9. The van der Waals surface area contributed by atoms with Crippen molar-refractivity contribution in [2.24, 2.45) is 0 Å². The van der Waals surface area contributed by atoms with Gasteiger partial charge in [0.1, 0.15) is 5.69 Å². The van der Waals surface area contributed by atoms with E-state index >= 15 is 0 Å². The molecule has 0 bridgehead atoms. The summed E-state index contributed by atoms with van der Waals surface area (Å²) in [4.78, 5) is 33.3. The molecule has 2 aromatic heterocycles. The summed E-state index contributed by atoms with van der Waals surface area (Å²) in [6.45, 7) is 5.75. The number of aromatic nitrogens is 1. The number of hydrogen-bond acceptors (Lipinski definition) is 5. The van der Waals surface area contributed by atoms with Crippen molar-refractivity contribution < 1.29 is 26.7 Å². The second-order valence-electron chi connectivity index (χ2n) is 9.29. The molecule has 0 saturated heterocycles. The van der Waals surface area contributed by atoms with Gasteiger partial charge < -0.3 is 40.5 Å². The van der Waals surface area contributed by atoms with Gasteiger partial charge in [-0.3, -0.25) is 9.59 Å². The standard InChI is InChI=1S/C25H22N3O2S2.C5H5.Fe/c1-5-21-26-18(15-32-21)24(30)28(19-11-8-12-20-17(19)13-14-31-20)22(16-9-6-7-10-16)23(29)27-25(2,3)4;1-2-4-5-3-1;/h1,6-15,22H,2-4H3,(H,27,29);1-5H;/q-1;-5;. The van der Waals surface area contributed by atoms with Crippen molar-refractivity contribution in [2.45, 2.75) is 32.4 Å². The average molecular weight is 582 g/mol. The second kappa shape index (κ2) is 12.9. The smallest absolute Gasteiger partial charge is 0.277 e. The molecule has 200 valence electrons. The molecule has 5 nitrogen and oxygen atoms in total. The first-order valence-corrected chi connectivity index (χ1v) is 13.5. The molecule has 0 saturated carbocycles. The third-order valence-electron chi connectivity index (χ3n) is 5.36. The number of carbonyl (C=O) groups is 2. The van der Waals surface area contributed by atoms with E-state index in [1.54, 1.807) is 21.6 Å². The fourth-order valence-electron chi connectivity index (χ4n) is 3.86. The molecular formula is C30H27FeN3O2S2-6. The number of anilines is 1. The second-order valence-corrected chi connectivity index (χ2v) is 11.1. The Morgan fingerprint density at radius 3 is 2.29 bits per heavy atom. The molecule has 1 unspecified atom stereocenters. The summed E-state index contributed by atoms with van der Waals surface area (Å²) in [6, 6.07) is 24.3. The van der Waals surface area contributed by atoms with Crippen LogP contribution in [0.4, 0.5) is 5.69 Å². The number of terminal acetylenes is 1. The minimum atomic E-state index is -0.877. The van der Waals surface area contributed by atoms with Gasteiger partial charge in [0.2, 0.25) is 5.91 Å². The van der Waals surface area contributed by atoms with Crippen LogP contribution in [0.5, 0.6) is 0 Å². The van der Waals surface area contributed by atoms with Crippen LogP contribution >= 0.6 is 22.7 Å². The minimum Gasteiger partial charge on any atom is -0.748 e. The van der Waals surface area contributed by atoms with E-state index in [4.69, 9.17) is 6.42 Å². The summed E-state index contributed by atoms with van der Waals surface area (Å²) in [7, 11) is 0. The monoisotopic (exact) mass is 581 g/mol. The molecule has 2 amide bonds. The first kappa shape index (κ1) is 29.1. The molecular weight excluding hydrogens is 554 g/mol. The van der Waals surface area contributed by atoms with E-state index in [0.29, 0.717) is 10.7 Å². The van der Waals surface area contributed by atoms with Crippen LogP contribution in [0.3, 0.4) is 0 Å². The van der Waals surface area contributed by atoms with Gasteiger partial charge in [0.05, 0.1) is 11.7 Å². The van der Waals surface area contributed by atoms with Crippen molar-refractivity contribution in [1.29, 1.82) is 0 Å². The maximum atomic E-state index is 13.9. The number of nitrogens with zero attached hydrogens (tertiary/aromatic N) is 2. The largest absolute Gasteiger partial charge is 0.748 e. The predicted molar refractivity (Wildman–Crippen MR) is 153 cm³/mol. The molecule has 0 radical (unpaired) electrons. The number of hydrogen-bond donors (Lipinski definition) is 1. The fraction of sp³-hybridized carbons (Fsp3) is 0.167. The summed E-state index contributed by atoms with van der Waals surface area (Å²) in [6.07, 6.45) is 5.48. The van der Waals surface area contributed by atoms with Crippen LogP contribution in [0, 0.1) is 12.3 Å². The van der Waals surface area contributed by atoms with Crippen LogP contribution in [-0.2, 0) is 21.9 Å². The Hall–Kier alpha value is -3.47. The number of fused-ring (bicyclic) bond motifs is 1. The molecule has 0 aliphatic rings. The molecule has 0 aliphatic carbocycles. The van der Waals surface area contributed by atoms with Gasteiger partial charge in [-0.1, -0.05) is 6.07 Å². The van der Waals surface area contributed by atoms with Crippen LogP contribution < -0.4 is 10.2 Å². The van der Waals surface area contributed by atoms with Gasteiger partial charge in [0.15, 0.2) is 5.01 Å². The Balaban J connectivity index is 0.000000598. The number of benzene rings is 1. The van der Waals surface area contributed by atoms with Crippen LogP contribution in [0.25, 0.3) is 10.1 Å². The average Bonchev–Trinajstić information content (AvgIpc) is 3.69. The van der Waals surface area contributed by atoms with Gasteiger partial charge in [-0.25, -0.2) is 17.1 Å². The van der Waals surface area contributed by atoms with Gasteiger partial charge in [-0.2, -0.15) is 12.1 Å². The predicted octanol–water partition coefficient (Wildman–Crippen LogP) is 6.76. The molecule has 0 spiro atoms. The van der Waals surface area contributed by atoms with E-state index in [1.165, 1.54) is 11.3 Å². The fourth-order valence-corrected chi connectivity index (χ4v) is 5.27. The summed E-state index contributed by atoms with van der Waals surface area (Å²) in [5, 5.41) is 7.98. The molecule has 5 rings (SSSR count). The molecule has 3 aromatic carbocycles. The normalized spacial score (nSPS) is 11.4. The topological polar surface area (TPSA) is 62.3 Å². The van der Waals surface area contributed by atoms with Crippen LogP contribution in [0.15, 0.2) is 89.6 Å². The SMILES string of the molecule is C#Cc1nc(C(=O)N(c2cccc3sccc23)C(C(=O)NC(C)(C)C)[c-]2cccc2)cs1.[Fe].[cH-]1[cH-][cH-][cH-][cH-]1. The van der Waals surface area contributed by atoms with E-state index in [-0.39, 0.29) is 34.6 Å². The van der Waals surface area contributed by atoms with E-state index in [9.17, 15) is 9.59 Å². The molecule has 5 aromatic rings. The molecule has 0 aliphatic heterocycles. The van der Waals surface area contributed by atoms with Crippen molar-refractivity contribution in [2.75, 3.05) is 4.90 Å². The number of thiophene rings is 1. The quantitative estimate of drug-likeness (QED) is 0.142. The molecule has 1 atom stereocenters. The number of carbonyl (C=O) groups excluding carboxylic acids is 2. The summed E-state index contributed by atoms with van der Waals surface area (Å²) in [5.41, 5.74) is 1.12. The zero-order chi connectivity index (χ0) is 26.4. The zero-order valence-electron chi connectivity index (χ0n) is 21.2. The Morgan fingerprint density at radius 1 is 1.05 bits per heavy atom. The van der Waals surface area contributed by atoms with Crippen molar-refractivity contribution in [1.82, 2.24) is 10.3 Å². The molecule has 8 heteroatoms. The number of nitrogens with one attached hydrogen (secondary N) is 1. The Labute approximate surface area is 241 Å². The summed E-state index contributed by atoms with van der Waals surface area (Å²) >= 11 is 2.81. The van der Waals surface area contributed by atoms with E-state index < -0.39 is 11.6 Å². The van der Waals surface area contributed by atoms with Crippen molar-refractivity contribution in [3.8, 4) is 12.3 Å². The van der Waals surface area contributed by atoms with Crippen LogP contribution in [0.1, 0.15) is 47.9 Å². The van der Waals surface area contributed by atoms with Crippen molar-refractivity contribution in [3.05, 3.63) is 106 Å². The molecule has 1 N–H and O–H groups in total. The van der Waals surface area contributed by atoms with Crippen LogP contribution in [0.2, 0.25) is 0 Å². The van der Waals surface area contributed by atoms with Gasteiger partial charge in [-0.05, 0) is 50.3 Å². The Morgan fingerprint density at radius 2 is 1.71 bits per heavy atom. The van der Waals surface area contributed by atoms with Gasteiger partial charge in [0, 0.05) is 38.1 Å². The number of amides is 2. The molecule has 0 fully saturated rings. The molecule has 2 heterocycles. The van der Waals surface area contributed by atoms with E-state index in [0.717, 1.165) is 15.6 Å². The van der Waals surface area contributed by atoms with Crippen molar-refractivity contribution >= 4 is 50.3 Å². The third-order valence-corrected chi connectivity index (χ3v) is 7.02. The summed E-state index contributed by atoms with van der Waals surface area (Å²) in [5.74, 6) is 1.83. The zero-order valence-corrected chi connectivity index (χ0v) is 23.9. The first-order chi connectivity index (χ1) is 17.8. The third kappa shape index (κ3) is 6.89. The summed E-state index contributed by atoms with van der Waals surface area (Å²) < 4.78 is 1.03. The first-order valence-electron chi connectivity index (χ1n) is 11.7. The van der Waals surface area contributed by atoms with E-state index in [1.807, 2.05) is 105 Å². The minimum absolute atomic E-state index is 0. The van der Waals surface area contributed by atoms with Crippen molar-refractivity contribution in [3.63, 3.8) is 0 Å². The Bertz CT molecular complexity index is 1490. The maximum Gasteiger partial charge on any atom is 0.277 e. The molecule has 38 heavy (non-hydrogen) atoms. The number of thiazole rings is 1. The van der Waals surface area contributed by atoms with E-state index in [2.05, 4.69) is 16.2 Å². The van der Waals surface area contributed by atoms with Crippen LogP contribution in [-0.4, -0.2) is 22.3 Å².